The van der Waals surface area contributed by atoms with Crippen molar-refractivity contribution >= 4 is 56.6 Å². The first-order valence-corrected chi connectivity index (χ1v) is 12.3. The number of carbonyl (C=O) groups excluding carboxylic acids is 4. The molecule has 2 fully saturated rings. The Bertz CT molecular complexity index is 1450. The minimum atomic E-state index is -2.14. The molecular weight excluding hydrogens is 550 g/mol. The summed E-state index contributed by atoms with van der Waals surface area (Å²) in [5.74, 6) is -4.73. The van der Waals surface area contributed by atoms with Crippen LogP contribution in [-0.2, 0) is 14.3 Å². The summed E-state index contributed by atoms with van der Waals surface area (Å²) in [5.41, 5.74) is -1.06. The summed E-state index contributed by atoms with van der Waals surface area (Å²) in [5, 5.41) is 0.291. The number of fused-ring (bicyclic) bond motifs is 3. The van der Waals surface area contributed by atoms with Crippen LogP contribution in [0.5, 0.6) is 5.75 Å². The van der Waals surface area contributed by atoms with Crippen LogP contribution in [-0.4, -0.2) is 36.1 Å². The number of amides is 2. The summed E-state index contributed by atoms with van der Waals surface area (Å²) in [7, 11) is 1.41. The third kappa shape index (κ3) is 2.95. The second-order valence-electron chi connectivity index (χ2n) is 8.86. The van der Waals surface area contributed by atoms with E-state index in [2.05, 4.69) is 15.9 Å². The van der Waals surface area contributed by atoms with Crippen molar-refractivity contribution in [3.63, 3.8) is 0 Å². The molecule has 1 aliphatic carbocycles. The van der Waals surface area contributed by atoms with Crippen LogP contribution in [0, 0.1) is 11.8 Å². The van der Waals surface area contributed by atoms with Crippen LogP contribution in [0.25, 0.3) is 0 Å². The van der Waals surface area contributed by atoms with Crippen molar-refractivity contribution in [1.82, 2.24) is 0 Å². The van der Waals surface area contributed by atoms with Gasteiger partial charge in [0.05, 0.1) is 30.7 Å². The normalized spacial score (nSPS) is 24.0. The molecule has 0 aromatic heterocycles. The van der Waals surface area contributed by atoms with E-state index in [1.54, 1.807) is 48.5 Å². The van der Waals surface area contributed by atoms with Crippen LogP contribution < -0.4 is 9.64 Å². The highest BCUT2D eigenvalue weighted by Gasteiger charge is 2.74. The van der Waals surface area contributed by atoms with Gasteiger partial charge in [0.15, 0.2) is 0 Å². The fourth-order valence-corrected chi connectivity index (χ4v) is 5.98. The van der Waals surface area contributed by atoms with Gasteiger partial charge in [-0.1, -0.05) is 63.9 Å². The first kappa shape index (κ1) is 23.1. The van der Waals surface area contributed by atoms with Crippen LogP contribution in [0.2, 0.25) is 5.02 Å². The predicted molar refractivity (Wildman–Crippen MR) is 133 cm³/mol. The van der Waals surface area contributed by atoms with Crippen LogP contribution in [0.4, 0.5) is 5.69 Å². The molecule has 2 aliphatic heterocycles. The lowest BCUT2D eigenvalue weighted by molar-refractivity contribution is -0.127. The number of benzene rings is 3. The van der Waals surface area contributed by atoms with E-state index in [0.717, 1.165) is 9.37 Å². The van der Waals surface area contributed by atoms with E-state index in [-0.39, 0.29) is 22.6 Å². The molecule has 2 amide bonds. The van der Waals surface area contributed by atoms with Gasteiger partial charge in [-0.3, -0.25) is 19.2 Å². The first-order chi connectivity index (χ1) is 17.3. The van der Waals surface area contributed by atoms with E-state index in [1.807, 2.05) is 0 Å². The number of Topliss-reactive ketones (excluding diaryl/α,β-unsaturated/α-hetero) is 2. The molecule has 0 N–H and O–H groups in total. The highest BCUT2D eigenvalue weighted by Crippen LogP contribution is 2.58. The molecule has 2 saturated heterocycles. The summed E-state index contributed by atoms with van der Waals surface area (Å²) in [4.78, 5) is 56.5. The van der Waals surface area contributed by atoms with Gasteiger partial charge in [-0.15, -0.1) is 0 Å². The topological polar surface area (TPSA) is 90.0 Å². The number of hydrogen-bond donors (Lipinski definition) is 0. The molecule has 3 aromatic rings. The molecule has 180 valence electrons. The number of imide groups is 1. The number of carbonyl (C=O) groups is 4. The Kier molecular flexibility index (Phi) is 5.19. The van der Waals surface area contributed by atoms with E-state index in [4.69, 9.17) is 21.1 Å². The second-order valence-corrected chi connectivity index (χ2v) is 10.2. The van der Waals surface area contributed by atoms with Crippen molar-refractivity contribution in [2.75, 3.05) is 12.0 Å². The summed E-state index contributed by atoms with van der Waals surface area (Å²) in [6.07, 6.45) is -1.00. The minimum absolute atomic E-state index is 0.148. The van der Waals surface area contributed by atoms with E-state index in [0.29, 0.717) is 10.6 Å². The van der Waals surface area contributed by atoms with Gasteiger partial charge in [0.1, 0.15) is 5.75 Å². The number of ketones is 2. The van der Waals surface area contributed by atoms with Crippen molar-refractivity contribution in [3.05, 3.63) is 92.9 Å². The zero-order valence-corrected chi connectivity index (χ0v) is 21.1. The van der Waals surface area contributed by atoms with Gasteiger partial charge in [-0.05, 0) is 35.9 Å². The second kappa shape index (κ2) is 8.09. The zero-order valence-electron chi connectivity index (χ0n) is 18.7. The summed E-state index contributed by atoms with van der Waals surface area (Å²) < 4.78 is 12.5. The molecule has 0 radical (unpaired) electrons. The third-order valence-corrected chi connectivity index (χ3v) is 7.86. The highest BCUT2D eigenvalue weighted by atomic mass is 79.9. The Morgan fingerprint density at radius 2 is 1.56 bits per heavy atom. The minimum Gasteiger partial charge on any atom is -0.495 e. The number of nitrogens with zero attached hydrogens (tertiary/aromatic N) is 1. The summed E-state index contributed by atoms with van der Waals surface area (Å²) in [6.45, 7) is 0. The molecule has 3 aliphatic rings. The molecule has 6 rings (SSSR count). The van der Waals surface area contributed by atoms with Gasteiger partial charge in [0, 0.05) is 20.6 Å². The van der Waals surface area contributed by atoms with Crippen molar-refractivity contribution in [2.45, 2.75) is 11.7 Å². The number of hydrogen-bond acceptors (Lipinski definition) is 6. The fourth-order valence-electron chi connectivity index (χ4n) is 5.55. The number of methoxy groups -OCH3 is 1. The smallest absolute Gasteiger partial charge is 0.241 e. The number of rotatable bonds is 3. The first-order valence-electron chi connectivity index (χ1n) is 11.1. The largest absolute Gasteiger partial charge is 0.495 e. The lowest BCUT2D eigenvalue weighted by atomic mass is 9.77. The van der Waals surface area contributed by atoms with Crippen molar-refractivity contribution in [1.29, 1.82) is 0 Å². The summed E-state index contributed by atoms with van der Waals surface area (Å²) >= 11 is 9.58. The molecule has 1 spiro atoms. The van der Waals surface area contributed by atoms with Gasteiger partial charge in [0.2, 0.25) is 29.0 Å². The maximum absolute atomic E-state index is 14.0. The average molecular weight is 567 g/mol. The number of halogens is 2. The van der Waals surface area contributed by atoms with Gasteiger partial charge < -0.3 is 9.47 Å². The van der Waals surface area contributed by atoms with Crippen molar-refractivity contribution < 1.29 is 28.7 Å². The number of ether oxygens (including phenoxy) is 2. The van der Waals surface area contributed by atoms with E-state index in [1.165, 1.54) is 25.3 Å². The summed E-state index contributed by atoms with van der Waals surface area (Å²) in [6, 6.07) is 18.0. The van der Waals surface area contributed by atoms with Gasteiger partial charge in [-0.2, -0.15) is 0 Å². The quantitative estimate of drug-likeness (QED) is 0.334. The van der Waals surface area contributed by atoms with E-state index < -0.39 is 46.9 Å². The maximum atomic E-state index is 14.0. The molecule has 36 heavy (non-hydrogen) atoms. The van der Waals surface area contributed by atoms with Crippen molar-refractivity contribution in [3.8, 4) is 5.75 Å². The number of anilines is 1. The van der Waals surface area contributed by atoms with E-state index >= 15 is 0 Å². The lowest BCUT2D eigenvalue weighted by Gasteiger charge is -2.27. The van der Waals surface area contributed by atoms with E-state index in [9.17, 15) is 19.2 Å². The van der Waals surface area contributed by atoms with Crippen LogP contribution in [0.1, 0.15) is 32.4 Å². The molecule has 2 heterocycles. The van der Waals surface area contributed by atoms with Gasteiger partial charge >= 0.3 is 0 Å². The molecule has 9 heteroatoms. The Balaban J connectivity index is 1.56. The highest BCUT2D eigenvalue weighted by molar-refractivity contribution is 9.10. The average Bonchev–Trinajstić information content (AvgIpc) is 3.44. The lowest BCUT2D eigenvalue weighted by Crippen LogP contribution is -2.51. The zero-order chi connectivity index (χ0) is 25.4. The monoisotopic (exact) mass is 565 g/mol. The molecule has 7 nitrogen and oxygen atoms in total. The Morgan fingerprint density at radius 3 is 2.17 bits per heavy atom. The van der Waals surface area contributed by atoms with Gasteiger partial charge in [-0.25, -0.2) is 4.90 Å². The molecule has 3 unspecified atom stereocenters. The molecule has 0 saturated carbocycles. The standard InChI is InChI=1S/C27H17BrClNO6/c1-35-19-11-10-15(29)12-18(19)30-25(33)20-21(26(30)34)27(36-22(20)13-6-8-14(28)9-7-13)23(31)16-4-2-3-5-17(16)24(27)32/h2-12,20-22H,1H3. The predicted octanol–water partition coefficient (Wildman–Crippen LogP) is 4.81. The molecule has 3 aromatic carbocycles. The fraction of sp³-hybridized carbons (Fsp3) is 0.185. The molecule has 3 atom stereocenters. The van der Waals surface area contributed by atoms with Crippen LogP contribution in [0.3, 0.4) is 0 Å². The third-order valence-electron chi connectivity index (χ3n) is 7.10. The maximum Gasteiger partial charge on any atom is 0.241 e. The Hall–Kier alpha value is -3.33. The Labute approximate surface area is 219 Å². The molecular formula is C27H17BrClNO6. The van der Waals surface area contributed by atoms with Gasteiger partial charge in [0.25, 0.3) is 0 Å². The molecule has 0 bridgehead atoms. The van der Waals surface area contributed by atoms with Crippen molar-refractivity contribution in [2.24, 2.45) is 11.8 Å². The van der Waals surface area contributed by atoms with Crippen LogP contribution in [0.15, 0.2) is 71.2 Å². The Morgan fingerprint density at radius 1 is 0.917 bits per heavy atom. The van der Waals surface area contributed by atoms with Crippen LogP contribution >= 0.6 is 27.5 Å². The SMILES string of the molecule is COc1ccc(Cl)cc1N1C(=O)C2C(c3ccc(Br)cc3)OC3(C(=O)c4ccccc4C3=O)C2C1=O.